The quantitative estimate of drug-likeness (QED) is 0.727. The van der Waals surface area contributed by atoms with Gasteiger partial charge in [-0.1, -0.05) is 13.8 Å². The molecule has 0 aromatic heterocycles. The Labute approximate surface area is 140 Å². The van der Waals surface area contributed by atoms with Gasteiger partial charge in [-0.25, -0.2) is 9.59 Å². The maximum absolute atomic E-state index is 11.9. The van der Waals surface area contributed by atoms with E-state index in [0.717, 1.165) is 0 Å². The Morgan fingerprint density at radius 1 is 1.08 bits per heavy atom. The molecule has 0 bridgehead atoms. The highest BCUT2D eigenvalue weighted by atomic mass is 16.5. The predicted octanol–water partition coefficient (Wildman–Crippen LogP) is 1.34. The van der Waals surface area contributed by atoms with Gasteiger partial charge in [-0.3, -0.25) is 10.1 Å². The third kappa shape index (κ3) is 6.15. The van der Waals surface area contributed by atoms with Gasteiger partial charge in [0.05, 0.1) is 19.8 Å². The number of nitrogens with one attached hydrogen (secondary N) is 2. The summed E-state index contributed by atoms with van der Waals surface area (Å²) in [6, 6.07) is 3.84. The minimum atomic E-state index is -0.718. The van der Waals surface area contributed by atoms with Crippen LogP contribution in [0, 0.1) is 5.92 Å². The minimum absolute atomic E-state index is 0.199. The molecule has 1 aromatic rings. The fraction of sp³-hybridized carbons (Fsp3) is 0.438. The maximum atomic E-state index is 11.9. The number of ether oxygens (including phenoxy) is 3. The van der Waals surface area contributed by atoms with Crippen LogP contribution in [0.15, 0.2) is 18.2 Å². The second kappa shape index (κ2) is 9.39. The van der Waals surface area contributed by atoms with Crippen molar-refractivity contribution < 1.29 is 28.6 Å². The Morgan fingerprint density at radius 2 is 1.75 bits per heavy atom. The van der Waals surface area contributed by atoms with Crippen molar-refractivity contribution >= 4 is 17.9 Å². The van der Waals surface area contributed by atoms with Crippen LogP contribution >= 0.6 is 0 Å². The van der Waals surface area contributed by atoms with E-state index in [2.05, 4.69) is 10.6 Å². The van der Waals surface area contributed by atoms with Crippen LogP contribution < -0.4 is 20.1 Å². The second-order valence-corrected chi connectivity index (χ2v) is 5.30. The van der Waals surface area contributed by atoms with Crippen LogP contribution in [-0.4, -0.2) is 45.3 Å². The van der Waals surface area contributed by atoms with E-state index >= 15 is 0 Å². The topological polar surface area (TPSA) is 103 Å². The number of benzene rings is 1. The molecule has 1 rings (SSSR count). The standard InChI is InChI=1S/C16H22N2O6/c1-10(2)8-17-16(21)18-14(19)9-24-15(20)11-5-6-12(22-3)13(7-11)23-4/h5-7,10H,8-9H2,1-4H3,(H2,17,18,19,21). The largest absolute Gasteiger partial charge is 0.493 e. The first-order chi connectivity index (χ1) is 11.4. The summed E-state index contributed by atoms with van der Waals surface area (Å²) in [5.41, 5.74) is 0.199. The lowest BCUT2D eigenvalue weighted by Gasteiger charge is -2.10. The summed E-state index contributed by atoms with van der Waals surface area (Å²) < 4.78 is 15.0. The third-order valence-corrected chi connectivity index (χ3v) is 2.88. The van der Waals surface area contributed by atoms with Crippen molar-refractivity contribution in [1.29, 1.82) is 0 Å². The molecule has 0 fully saturated rings. The number of esters is 1. The van der Waals surface area contributed by atoms with E-state index in [-0.39, 0.29) is 11.5 Å². The van der Waals surface area contributed by atoms with Crippen LogP contribution in [0.2, 0.25) is 0 Å². The van der Waals surface area contributed by atoms with Crippen molar-refractivity contribution in [3.8, 4) is 11.5 Å². The molecule has 0 aliphatic carbocycles. The molecule has 0 radical (unpaired) electrons. The van der Waals surface area contributed by atoms with Gasteiger partial charge < -0.3 is 19.5 Å². The summed E-state index contributed by atoms with van der Waals surface area (Å²) in [5.74, 6) is -0.342. The Hall–Kier alpha value is -2.77. The highest BCUT2D eigenvalue weighted by Gasteiger charge is 2.15. The molecule has 8 nitrogen and oxygen atoms in total. The summed E-state index contributed by atoms with van der Waals surface area (Å²) in [5, 5.41) is 4.59. The zero-order valence-corrected chi connectivity index (χ0v) is 14.2. The summed E-state index contributed by atoms with van der Waals surface area (Å²) in [4.78, 5) is 34.9. The van der Waals surface area contributed by atoms with Crippen molar-refractivity contribution in [2.45, 2.75) is 13.8 Å². The number of hydrogen-bond acceptors (Lipinski definition) is 6. The SMILES string of the molecule is COc1ccc(C(=O)OCC(=O)NC(=O)NCC(C)C)cc1OC. The number of carbonyl (C=O) groups excluding carboxylic acids is 3. The first-order valence-corrected chi connectivity index (χ1v) is 7.34. The van der Waals surface area contributed by atoms with Crippen LogP contribution in [0.1, 0.15) is 24.2 Å². The summed E-state index contributed by atoms with van der Waals surface area (Å²) >= 11 is 0. The average molecular weight is 338 g/mol. The number of methoxy groups -OCH3 is 2. The molecule has 3 amide bonds. The smallest absolute Gasteiger partial charge is 0.338 e. The molecule has 0 aliphatic rings. The number of amides is 3. The van der Waals surface area contributed by atoms with Crippen LogP contribution in [0.25, 0.3) is 0 Å². The van der Waals surface area contributed by atoms with Crippen molar-refractivity contribution in [1.82, 2.24) is 10.6 Å². The molecule has 0 saturated heterocycles. The predicted molar refractivity (Wildman–Crippen MR) is 86.2 cm³/mol. The third-order valence-electron chi connectivity index (χ3n) is 2.88. The Morgan fingerprint density at radius 3 is 2.33 bits per heavy atom. The number of imide groups is 1. The van der Waals surface area contributed by atoms with Gasteiger partial charge in [0, 0.05) is 6.54 Å². The van der Waals surface area contributed by atoms with E-state index in [1.54, 1.807) is 6.07 Å². The molecule has 1 aromatic carbocycles. The molecular weight excluding hydrogens is 316 g/mol. The first kappa shape index (κ1) is 19.3. The highest BCUT2D eigenvalue weighted by molar-refractivity contribution is 5.97. The zero-order chi connectivity index (χ0) is 18.1. The van der Waals surface area contributed by atoms with Crippen LogP contribution in [-0.2, 0) is 9.53 Å². The lowest BCUT2D eigenvalue weighted by molar-refractivity contribution is -0.123. The van der Waals surface area contributed by atoms with Crippen LogP contribution in [0.4, 0.5) is 4.79 Å². The molecule has 2 N–H and O–H groups in total. The van der Waals surface area contributed by atoms with E-state index in [4.69, 9.17) is 14.2 Å². The van der Waals surface area contributed by atoms with Crippen molar-refractivity contribution in [3.63, 3.8) is 0 Å². The van der Waals surface area contributed by atoms with Gasteiger partial charge in [-0.15, -0.1) is 0 Å². The number of hydrogen-bond donors (Lipinski definition) is 2. The Kier molecular flexibility index (Phi) is 7.54. The molecule has 0 heterocycles. The van der Waals surface area contributed by atoms with Gasteiger partial charge in [0.25, 0.3) is 5.91 Å². The minimum Gasteiger partial charge on any atom is -0.493 e. The fourth-order valence-electron chi connectivity index (χ4n) is 1.68. The second-order valence-electron chi connectivity index (χ2n) is 5.30. The lowest BCUT2D eigenvalue weighted by Crippen LogP contribution is -2.42. The molecule has 0 spiro atoms. The number of urea groups is 1. The van der Waals surface area contributed by atoms with Gasteiger partial charge in [0.1, 0.15) is 0 Å². The van der Waals surface area contributed by atoms with E-state index in [1.807, 2.05) is 13.8 Å². The molecule has 132 valence electrons. The van der Waals surface area contributed by atoms with E-state index in [1.165, 1.54) is 26.4 Å². The zero-order valence-electron chi connectivity index (χ0n) is 14.2. The van der Waals surface area contributed by atoms with Gasteiger partial charge in [-0.2, -0.15) is 0 Å². The van der Waals surface area contributed by atoms with Gasteiger partial charge >= 0.3 is 12.0 Å². The average Bonchev–Trinajstić information content (AvgIpc) is 2.57. The fourth-order valence-corrected chi connectivity index (χ4v) is 1.68. The normalized spacial score (nSPS) is 10.0. The van der Waals surface area contributed by atoms with Crippen molar-refractivity contribution in [2.24, 2.45) is 5.92 Å². The Balaban J connectivity index is 2.51. The molecule has 0 saturated carbocycles. The van der Waals surface area contributed by atoms with Crippen LogP contribution in [0.5, 0.6) is 11.5 Å². The van der Waals surface area contributed by atoms with E-state index in [0.29, 0.717) is 18.0 Å². The first-order valence-electron chi connectivity index (χ1n) is 7.34. The molecule has 0 unspecified atom stereocenters. The number of carbonyl (C=O) groups is 3. The lowest BCUT2D eigenvalue weighted by atomic mass is 10.2. The molecule has 0 aliphatic heterocycles. The highest BCUT2D eigenvalue weighted by Crippen LogP contribution is 2.27. The monoisotopic (exact) mass is 338 g/mol. The van der Waals surface area contributed by atoms with E-state index < -0.39 is 24.5 Å². The van der Waals surface area contributed by atoms with Crippen molar-refractivity contribution in [3.05, 3.63) is 23.8 Å². The summed E-state index contributed by atoms with van der Waals surface area (Å²) in [6.45, 7) is 3.72. The molecule has 8 heteroatoms. The molecule has 0 atom stereocenters. The molecule has 24 heavy (non-hydrogen) atoms. The summed E-state index contributed by atoms with van der Waals surface area (Å²) in [6.07, 6.45) is 0. The van der Waals surface area contributed by atoms with Gasteiger partial charge in [-0.05, 0) is 24.1 Å². The van der Waals surface area contributed by atoms with Crippen LogP contribution in [0.3, 0.4) is 0 Å². The maximum Gasteiger partial charge on any atom is 0.338 e. The van der Waals surface area contributed by atoms with Crippen molar-refractivity contribution in [2.75, 3.05) is 27.4 Å². The summed E-state index contributed by atoms with van der Waals surface area (Å²) in [7, 11) is 2.92. The van der Waals surface area contributed by atoms with E-state index in [9.17, 15) is 14.4 Å². The van der Waals surface area contributed by atoms with Gasteiger partial charge in [0.2, 0.25) is 0 Å². The molecular formula is C16H22N2O6. The van der Waals surface area contributed by atoms with Gasteiger partial charge in [0.15, 0.2) is 18.1 Å². The number of rotatable bonds is 7. The Bertz CT molecular complexity index is 600.